The summed E-state index contributed by atoms with van der Waals surface area (Å²) in [6.07, 6.45) is 1.50. The number of aryl methyl sites for hydroxylation is 1. The topological polar surface area (TPSA) is 107 Å². The van der Waals surface area contributed by atoms with Crippen LogP contribution in [0.15, 0.2) is 24.3 Å². The molecule has 9 heteroatoms. The van der Waals surface area contributed by atoms with Gasteiger partial charge in [0.15, 0.2) is 6.04 Å². The molecule has 0 bridgehead atoms. The van der Waals surface area contributed by atoms with E-state index >= 15 is 0 Å². The van der Waals surface area contributed by atoms with Gasteiger partial charge in [0.1, 0.15) is 16.5 Å². The Balaban J connectivity index is 1.73. The molecule has 148 valence electrons. The molecule has 0 saturated carbocycles. The number of hydrogen-bond acceptors (Lipinski definition) is 6. The monoisotopic (exact) mass is 402 g/mol. The van der Waals surface area contributed by atoms with Crippen LogP contribution in [0, 0.1) is 12.8 Å². The van der Waals surface area contributed by atoms with E-state index in [1.54, 1.807) is 14.0 Å². The zero-order chi connectivity index (χ0) is 19.8. The van der Waals surface area contributed by atoms with Crippen LogP contribution in [0.3, 0.4) is 0 Å². The van der Waals surface area contributed by atoms with Crippen LogP contribution in [-0.4, -0.2) is 45.8 Å². The van der Waals surface area contributed by atoms with Gasteiger partial charge in [0.2, 0.25) is 16.7 Å². The largest absolute Gasteiger partial charge is 0.497 e. The van der Waals surface area contributed by atoms with Crippen LogP contribution in [0.5, 0.6) is 11.6 Å². The Morgan fingerprint density at radius 3 is 2.61 bits per heavy atom. The van der Waals surface area contributed by atoms with Crippen molar-refractivity contribution in [3.8, 4) is 11.6 Å². The smallest absolute Gasteiger partial charge is 0.235 e. The van der Waals surface area contributed by atoms with Crippen molar-refractivity contribution in [2.24, 2.45) is 11.7 Å². The number of piperidine rings is 1. The number of fused-ring (bicyclic) bond motifs is 1. The predicted molar refractivity (Wildman–Crippen MR) is 105 cm³/mol. The highest BCUT2D eigenvalue weighted by Crippen LogP contribution is 2.35. The molecule has 3 heterocycles. The SMILES string of the molecule is COc1ccc([C@@H](c2sc3nc(C)nn3c2O)[NH+]2CCC(C(N)=O)CC2)cc1. The van der Waals surface area contributed by atoms with Crippen molar-refractivity contribution < 1.29 is 19.5 Å². The van der Waals surface area contributed by atoms with Crippen LogP contribution >= 0.6 is 11.3 Å². The van der Waals surface area contributed by atoms with E-state index in [9.17, 15) is 9.90 Å². The molecule has 4 rings (SSSR count). The van der Waals surface area contributed by atoms with Crippen molar-refractivity contribution in [3.63, 3.8) is 0 Å². The van der Waals surface area contributed by atoms with Crippen molar-refractivity contribution in [1.82, 2.24) is 14.6 Å². The van der Waals surface area contributed by atoms with Crippen LogP contribution in [0.4, 0.5) is 0 Å². The van der Waals surface area contributed by atoms with Crippen LogP contribution in [0.25, 0.3) is 4.96 Å². The Labute approximate surface area is 166 Å². The highest BCUT2D eigenvalue weighted by Gasteiger charge is 2.36. The van der Waals surface area contributed by atoms with Crippen LogP contribution < -0.4 is 15.4 Å². The molecule has 2 aromatic heterocycles. The lowest BCUT2D eigenvalue weighted by Crippen LogP contribution is -3.13. The van der Waals surface area contributed by atoms with E-state index < -0.39 is 0 Å². The number of nitrogens with two attached hydrogens (primary N) is 1. The first-order valence-electron chi connectivity index (χ1n) is 9.30. The first kappa shape index (κ1) is 18.7. The van der Waals surface area contributed by atoms with Gasteiger partial charge >= 0.3 is 0 Å². The lowest BCUT2D eigenvalue weighted by molar-refractivity contribution is -0.930. The molecule has 28 heavy (non-hydrogen) atoms. The zero-order valence-electron chi connectivity index (χ0n) is 15.9. The average molecular weight is 403 g/mol. The molecular weight excluding hydrogens is 378 g/mol. The minimum atomic E-state index is -0.225. The van der Waals surface area contributed by atoms with Gasteiger partial charge in [-0.1, -0.05) is 11.3 Å². The number of nitrogens with one attached hydrogen (secondary N) is 1. The minimum Gasteiger partial charge on any atom is -0.497 e. The van der Waals surface area contributed by atoms with E-state index in [1.165, 1.54) is 20.8 Å². The van der Waals surface area contributed by atoms with Gasteiger partial charge in [-0.3, -0.25) is 4.79 Å². The molecule has 1 aliphatic rings. The number of aromatic nitrogens is 3. The Morgan fingerprint density at radius 1 is 1.36 bits per heavy atom. The van der Waals surface area contributed by atoms with E-state index in [0.29, 0.717) is 10.8 Å². The fourth-order valence-electron chi connectivity index (χ4n) is 3.97. The van der Waals surface area contributed by atoms with Gasteiger partial charge in [0, 0.05) is 24.3 Å². The Hall–Kier alpha value is -2.65. The van der Waals surface area contributed by atoms with Crippen LogP contribution in [0.1, 0.15) is 35.1 Å². The number of primary amides is 1. The van der Waals surface area contributed by atoms with Gasteiger partial charge in [0.25, 0.3) is 0 Å². The van der Waals surface area contributed by atoms with Gasteiger partial charge in [-0.25, -0.2) is 4.98 Å². The maximum absolute atomic E-state index is 11.6. The summed E-state index contributed by atoms with van der Waals surface area (Å²) < 4.78 is 6.79. The summed E-state index contributed by atoms with van der Waals surface area (Å²) in [7, 11) is 1.64. The number of amides is 1. The predicted octanol–water partition coefficient (Wildman–Crippen LogP) is 0.683. The number of ether oxygens (including phenoxy) is 1. The lowest BCUT2D eigenvalue weighted by Gasteiger charge is -2.33. The Bertz CT molecular complexity index is 989. The molecule has 0 spiro atoms. The van der Waals surface area contributed by atoms with E-state index in [1.807, 2.05) is 24.3 Å². The average Bonchev–Trinajstić information content (AvgIpc) is 3.20. The number of carbonyl (C=O) groups excluding carboxylic acids is 1. The molecule has 3 aromatic rings. The second kappa shape index (κ2) is 7.40. The Morgan fingerprint density at radius 2 is 2.04 bits per heavy atom. The van der Waals surface area contributed by atoms with E-state index in [4.69, 9.17) is 10.5 Å². The molecule has 0 unspecified atom stereocenters. The summed E-state index contributed by atoms with van der Waals surface area (Å²) in [6, 6.07) is 7.83. The van der Waals surface area contributed by atoms with Crippen molar-refractivity contribution >= 4 is 22.2 Å². The van der Waals surface area contributed by atoms with Crippen LogP contribution in [-0.2, 0) is 4.79 Å². The number of nitrogens with zero attached hydrogens (tertiary/aromatic N) is 3. The van der Waals surface area contributed by atoms with Crippen molar-refractivity contribution in [3.05, 3.63) is 40.5 Å². The van der Waals surface area contributed by atoms with Crippen LogP contribution in [0.2, 0.25) is 0 Å². The quantitative estimate of drug-likeness (QED) is 0.582. The normalized spacial score (nSPS) is 20.9. The molecule has 0 aliphatic carbocycles. The van der Waals surface area contributed by atoms with E-state index in [2.05, 4.69) is 10.1 Å². The third kappa shape index (κ3) is 3.31. The highest BCUT2D eigenvalue weighted by molar-refractivity contribution is 7.17. The standard InChI is InChI=1S/C19H23N5O3S/c1-11-21-19-24(22-11)18(26)16(28-19)15(12-3-5-14(27-2)6-4-12)23-9-7-13(8-10-23)17(20)25/h3-6,13,15,26H,7-10H2,1-2H3,(H2,20,25)/p+1/t15-/m0/s1. The van der Waals surface area contributed by atoms with Gasteiger partial charge in [-0.2, -0.15) is 4.52 Å². The number of aromatic hydroxyl groups is 1. The molecule has 1 fully saturated rings. The number of rotatable bonds is 5. The summed E-state index contributed by atoms with van der Waals surface area (Å²) in [5.41, 5.74) is 6.57. The third-order valence-corrected chi connectivity index (χ3v) is 6.54. The van der Waals surface area contributed by atoms with Crippen molar-refractivity contribution in [2.45, 2.75) is 25.8 Å². The molecule has 8 nitrogen and oxygen atoms in total. The molecule has 1 aromatic carbocycles. The number of quaternary nitrogens is 1. The molecule has 1 amide bonds. The fraction of sp³-hybridized carbons (Fsp3) is 0.421. The fourth-order valence-corrected chi connectivity index (χ4v) is 5.15. The van der Waals surface area contributed by atoms with Gasteiger partial charge < -0.3 is 20.5 Å². The summed E-state index contributed by atoms with van der Waals surface area (Å²) in [6.45, 7) is 3.41. The molecule has 1 atom stereocenters. The maximum atomic E-state index is 11.6. The molecule has 0 radical (unpaired) electrons. The zero-order valence-corrected chi connectivity index (χ0v) is 16.7. The van der Waals surface area contributed by atoms with E-state index in [0.717, 1.165) is 42.1 Å². The highest BCUT2D eigenvalue weighted by atomic mass is 32.1. The number of hydrogen-bond donors (Lipinski definition) is 3. The second-order valence-corrected chi connectivity index (χ2v) is 8.19. The number of methoxy groups -OCH3 is 1. The summed E-state index contributed by atoms with van der Waals surface area (Å²) >= 11 is 1.45. The minimum absolute atomic E-state index is 0.0705. The number of thiazole rings is 1. The summed E-state index contributed by atoms with van der Waals surface area (Å²) in [4.78, 5) is 18.7. The molecule has 1 aliphatic heterocycles. The first-order valence-corrected chi connectivity index (χ1v) is 10.1. The molecule has 4 N–H and O–H groups in total. The number of benzene rings is 1. The molecule has 1 saturated heterocycles. The lowest BCUT2D eigenvalue weighted by atomic mass is 9.93. The van der Waals surface area contributed by atoms with Gasteiger partial charge in [0.05, 0.1) is 20.2 Å². The Kier molecular flexibility index (Phi) is 4.94. The number of carbonyl (C=O) groups is 1. The van der Waals surface area contributed by atoms with E-state index in [-0.39, 0.29) is 23.7 Å². The van der Waals surface area contributed by atoms with Crippen molar-refractivity contribution in [2.75, 3.05) is 20.2 Å². The number of likely N-dealkylation sites (tertiary alicyclic amines) is 1. The van der Waals surface area contributed by atoms with Gasteiger partial charge in [-0.05, 0) is 31.2 Å². The molecular formula is C19H24N5O3S+. The first-order chi connectivity index (χ1) is 13.5. The second-order valence-electron chi connectivity index (χ2n) is 7.18. The van der Waals surface area contributed by atoms with Crippen molar-refractivity contribution in [1.29, 1.82) is 0 Å². The summed E-state index contributed by atoms with van der Waals surface area (Å²) in [5.74, 6) is 1.25. The summed E-state index contributed by atoms with van der Waals surface area (Å²) in [5, 5.41) is 15.2. The third-order valence-electron chi connectivity index (χ3n) is 5.46. The maximum Gasteiger partial charge on any atom is 0.235 e. The van der Waals surface area contributed by atoms with Gasteiger partial charge in [-0.15, -0.1) is 5.10 Å².